The van der Waals surface area contributed by atoms with Crippen LogP contribution in [-0.2, 0) is 20.9 Å². The van der Waals surface area contributed by atoms with Gasteiger partial charge in [-0.25, -0.2) is 9.59 Å². The van der Waals surface area contributed by atoms with Gasteiger partial charge in [0.25, 0.3) is 0 Å². The SMILES string of the molecule is O=C(O)C(F)(F)F.O=C(O)C(F)(F)F.c1cncc(OCCC2CCOC23CCN(Cc2ccoc2)CC3)c1. The van der Waals surface area contributed by atoms with Crippen LogP contribution in [0.4, 0.5) is 26.3 Å². The number of piperidine rings is 1. The molecular formula is C24H28F6N2O7. The third kappa shape index (κ3) is 10.8. The van der Waals surface area contributed by atoms with E-state index in [9.17, 15) is 26.3 Å². The number of rotatable bonds is 6. The summed E-state index contributed by atoms with van der Waals surface area (Å²) in [6.07, 6.45) is 1.40. The highest BCUT2D eigenvalue weighted by Gasteiger charge is 2.45. The molecule has 2 aromatic rings. The molecule has 2 aliphatic heterocycles. The van der Waals surface area contributed by atoms with E-state index in [1.807, 2.05) is 18.4 Å². The monoisotopic (exact) mass is 570 g/mol. The maximum Gasteiger partial charge on any atom is 0.490 e. The molecule has 1 spiro atoms. The van der Waals surface area contributed by atoms with Crippen LogP contribution >= 0.6 is 0 Å². The summed E-state index contributed by atoms with van der Waals surface area (Å²) in [6, 6.07) is 5.92. The zero-order valence-corrected chi connectivity index (χ0v) is 20.6. The van der Waals surface area contributed by atoms with E-state index < -0.39 is 24.3 Å². The number of carboxylic acid groups (broad SMARTS) is 2. The van der Waals surface area contributed by atoms with Crippen LogP contribution < -0.4 is 4.74 Å². The van der Waals surface area contributed by atoms with E-state index >= 15 is 0 Å². The number of aliphatic carboxylic acids is 2. The van der Waals surface area contributed by atoms with Gasteiger partial charge < -0.3 is 24.1 Å². The predicted octanol–water partition coefficient (Wildman–Crippen LogP) is 4.78. The van der Waals surface area contributed by atoms with E-state index in [-0.39, 0.29) is 5.60 Å². The maximum atomic E-state index is 10.6. The molecule has 2 aliphatic rings. The summed E-state index contributed by atoms with van der Waals surface area (Å²) in [7, 11) is 0. The van der Waals surface area contributed by atoms with E-state index in [4.69, 9.17) is 33.7 Å². The minimum absolute atomic E-state index is 0.0607. The summed E-state index contributed by atoms with van der Waals surface area (Å²) < 4.78 is 80.8. The molecule has 9 nitrogen and oxygen atoms in total. The molecule has 39 heavy (non-hydrogen) atoms. The number of hydrogen-bond acceptors (Lipinski definition) is 7. The highest BCUT2D eigenvalue weighted by Crippen LogP contribution is 2.42. The van der Waals surface area contributed by atoms with Gasteiger partial charge in [-0.15, -0.1) is 0 Å². The van der Waals surface area contributed by atoms with Crippen molar-refractivity contribution in [3.63, 3.8) is 0 Å². The van der Waals surface area contributed by atoms with Crippen molar-refractivity contribution in [2.24, 2.45) is 5.92 Å². The van der Waals surface area contributed by atoms with Crippen molar-refractivity contribution in [2.75, 3.05) is 26.3 Å². The normalized spacial score (nSPS) is 18.9. The zero-order valence-electron chi connectivity index (χ0n) is 20.6. The molecule has 218 valence electrons. The molecule has 2 fully saturated rings. The number of likely N-dealkylation sites (tertiary alicyclic amines) is 1. The van der Waals surface area contributed by atoms with Crippen LogP contribution in [0.25, 0.3) is 0 Å². The maximum absolute atomic E-state index is 10.6. The van der Waals surface area contributed by atoms with Crippen molar-refractivity contribution in [1.29, 1.82) is 0 Å². The van der Waals surface area contributed by atoms with Crippen molar-refractivity contribution in [3.8, 4) is 5.75 Å². The van der Waals surface area contributed by atoms with Crippen LogP contribution in [-0.4, -0.2) is 76.3 Å². The Bertz CT molecular complexity index is 984. The largest absolute Gasteiger partial charge is 0.492 e. The fourth-order valence-corrected chi connectivity index (χ4v) is 4.23. The number of carbonyl (C=O) groups is 2. The number of aromatic nitrogens is 1. The van der Waals surface area contributed by atoms with E-state index in [1.54, 1.807) is 18.7 Å². The van der Waals surface area contributed by atoms with Crippen LogP contribution in [0, 0.1) is 5.92 Å². The zero-order chi connectivity index (χ0) is 29.1. The molecule has 4 heterocycles. The summed E-state index contributed by atoms with van der Waals surface area (Å²) in [6.45, 7) is 4.77. The van der Waals surface area contributed by atoms with Gasteiger partial charge in [-0.2, -0.15) is 26.3 Å². The second-order valence-corrected chi connectivity index (χ2v) is 8.74. The van der Waals surface area contributed by atoms with Crippen molar-refractivity contribution < 1.29 is 60.0 Å². The van der Waals surface area contributed by atoms with Gasteiger partial charge in [0, 0.05) is 38.0 Å². The highest BCUT2D eigenvalue weighted by molar-refractivity contribution is 5.73. The van der Waals surface area contributed by atoms with E-state index in [2.05, 4.69) is 16.0 Å². The molecule has 15 heteroatoms. The average molecular weight is 570 g/mol. The van der Waals surface area contributed by atoms with Gasteiger partial charge in [-0.3, -0.25) is 9.88 Å². The minimum Gasteiger partial charge on any atom is -0.492 e. The second-order valence-electron chi connectivity index (χ2n) is 8.74. The molecule has 0 radical (unpaired) electrons. The number of pyridine rings is 1. The summed E-state index contributed by atoms with van der Waals surface area (Å²) in [5, 5.41) is 14.2. The number of nitrogens with zero attached hydrogens (tertiary/aromatic N) is 2. The number of furan rings is 1. The van der Waals surface area contributed by atoms with Crippen LogP contribution in [0.2, 0.25) is 0 Å². The molecule has 0 amide bonds. The van der Waals surface area contributed by atoms with Gasteiger partial charge in [0.1, 0.15) is 5.75 Å². The van der Waals surface area contributed by atoms with E-state index in [0.29, 0.717) is 5.92 Å². The van der Waals surface area contributed by atoms with Gasteiger partial charge in [-0.1, -0.05) is 0 Å². The van der Waals surface area contributed by atoms with Gasteiger partial charge >= 0.3 is 24.3 Å². The Kier molecular flexibility index (Phi) is 11.6. The molecule has 0 saturated carbocycles. The lowest BCUT2D eigenvalue weighted by Crippen LogP contribution is -2.47. The Balaban J connectivity index is 0.000000317. The summed E-state index contributed by atoms with van der Waals surface area (Å²) in [5.41, 5.74) is 1.32. The Morgan fingerprint density at radius 3 is 2.18 bits per heavy atom. The first-order valence-electron chi connectivity index (χ1n) is 11.7. The molecule has 0 aliphatic carbocycles. The smallest absolute Gasteiger partial charge is 0.490 e. The van der Waals surface area contributed by atoms with Crippen LogP contribution in [0.1, 0.15) is 31.2 Å². The molecule has 4 rings (SSSR count). The molecular weight excluding hydrogens is 542 g/mol. The fraction of sp³-hybridized carbons (Fsp3) is 0.542. The first-order valence-corrected chi connectivity index (χ1v) is 11.7. The van der Waals surface area contributed by atoms with Crippen LogP contribution in [0.15, 0.2) is 47.5 Å². The van der Waals surface area contributed by atoms with Crippen molar-refractivity contribution in [3.05, 3.63) is 48.7 Å². The average Bonchev–Trinajstić information content (AvgIpc) is 3.51. The van der Waals surface area contributed by atoms with Crippen molar-refractivity contribution >= 4 is 11.9 Å². The molecule has 2 saturated heterocycles. The molecule has 0 aromatic carbocycles. The number of hydrogen-bond donors (Lipinski definition) is 2. The standard InChI is InChI=1S/C20H26N2O3.2C2HF3O2/c1-2-19(14-21-8-1)24-12-4-18-5-13-25-20(18)6-9-22(10-7-20)15-17-3-11-23-16-17;2*3-2(4,5)1(6)7/h1-3,8,11,14,16,18H,4-7,9-10,12-13,15H2;2*(H,6,7). The lowest BCUT2D eigenvalue weighted by Gasteiger charge is -2.42. The van der Waals surface area contributed by atoms with E-state index in [1.165, 1.54) is 5.56 Å². The van der Waals surface area contributed by atoms with Gasteiger partial charge in [0.2, 0.25) is 0 Å². The third-order valence-corrected chi connectivity index (χ3v) is 6.14. The molecule has 2 aromatic heterocycles. The summed E-state index contributed by atoms with van der Waals surface area (Å²) in [5.74, 6) is -4.06. The van der Waals surface area contributed by atoms with Crippen LogP contribution in [0.3, 0.4) is 0 Å². The van der Waals surface area contributed by atoms with Gasteiger partial charge in [0.15, 0.2) is 0 Å². The molecule has 1 atom stereocenters. The van der Waals surface area contributed by atoms with E-state index in [0.717, 1.165) is 64.3 Å². The Morgan fingerprint density at radius 1 is 1.08 bits per heavy atom. The quantitative estimate of drug-likeness (QED) is 0.473. The second kappa shape index (κ2) is 14.2. The minimum atomic E-state index is -5.08. The Hall–Kier alpha value is -3.33. The number of ether oxygens (including phenoxy) is 2. The van der Waals surface area contributed by atoms with Crippen molar-refractivity contribution in [2.45, 2.75) is 50.2 Å². The lowest BCUT2D eigenvalue weighted by atomic mass is 9.78. The highest BCUT2D eigenvalue weighted by atomic mass is 19.4. The summed E-state index contributed by atoms with van der Waals surface area (Å²) >= 11 is 0. The van der Waals surface area contributed by atoms with Crippen molar-refractivity contribution in [1.82, 2.24) is 9.88 Å². The third-order valence-electron chi connectivity index (χ3n) is 6.14. The number of alkyl halides is 6. The van der Waals surface area contributed by atoms with Gasteiger partial charge in [0.05, 0.1) is 30.9 Å². The molecule has 0 bridgehead atoms. The van der Waals surface area contributed by atoms with Crippen LogP contribution in [0.5, 0.6) is 5.75 Å². The first-order chi connectivity index (χ1) is 18.2. The fourth-order valence-electron chi connectivity index (χ4n) is 4.23. The molecule has 1 unspecified atom stereocenters. The predicted molar refractivity (Wildman–Crippen MR) is 122 cm³/mol. The molecule has 2 N–H and O–H groups in total. The Morgan fingerprint density at radius 2 is 1.69 bits per heavy atom. The number of halogens is 6. The Labute approximate surface area is 219 Å². The first kappa shape index (κ1) is 31.9. The van der Waals surface area contributed by atoms with Gasteiger partial charge in [-0.05, 0) is 49.8 Å². The number of carboxylic acids is 2. The topological polar surface area (TPSA) is 122 Å². The summed E-state index contributed by atoms with van der Waals surface area (Å²) in [4.78, 5) is 24.4. The lowest BCUT2D eigenvalue weighted by molar-refractivity contribution is -0.193.